The number of imide groups is 1. The SMILES string of the molecule is Cc1nn(CCO)c(C)c1N1CCC(=O)N(SF)C1=O. The number of aryl methyl sites for hydroxylation is 1. The van der Waals surface area contributed by atoms with Crippen molar-refractivity contribution in [2.75, 3.05) is 18.1 Å². The van der Waals surface area contributed by atoms with Gasteiger partial charge in [-0.2, -0.15) is 9.40 Å². The van der Waals surface area contributed by atoms with Gasteiger partial charge in [0.15, 0.2) is 12.3 Å². The van der Waals surface area contributed by atoms with Gasteiger partial charge >= 0.3 is 6.03 Å². The molecule has 1 N–H and O–H groups in total. The van der Waals surface area contributed by atoms with Gasteiger partial charge in [0, 0.05) is 13.0 Å². The summed E-state index contributed by atoms with van der Waals surface area (Å²) in [5, 5.41) is 13.2. The van der Waals surface area contributed by atoms with Crippen LogP contribution in [0, 0.1) is 13.8 Å². The van der Waals surface area contributed by atoms with E-state index in [1.165, 1.54) is 4.90 Å². The molecule has 0 saturated carbocycles. The van der Waals surface area contributed by atoms with E-state index in [1.54, 1.807) is 18.5 Å². The van der Waals surface area contributed by atoms with E-state index in [9.17, 15) is 13.5 Å². The van der Waals surface area contributed by atoms with E-state index < -0.39 is 11.9 Å². The lowest BCUT2D eigenvalue weighted by molar-refractivity contribution is -0.124. The van der Waals surface area contributed by atoms with E-state index in [2.05, 4.69) is 5.10 Å². The molecule has 0 bridgehead atoms. The summed E-state index contributed by atoms with van der Waals surface area (Å²) in [4.78, 5) is 24.9. The van der Waals surface area contributed by atoms with Gasteiger partial charge in [-0.3, -0.25) is 14.4 Å². The van der Waals surface area contributed by atoms with Crippen LogP contribution in [0.3, 0.4) is 0 Å². The molecule has 1 aromatic heterocycles. The molecule has 0 aromatic carbocycles. The number of urea groups is 1. The molecule has 9 heteroatoms. The van der Waals surface area contributed by atoms with Crippen molar-refractivity contribution in [2.24, 2.45) is 0 Å². The summed E-state index contributed by atoms with van der Waals surface area (Å²) in [5.41, 5.74) is 1.86. The molecule has 3 amide bonds. The molecule has 0 unspecified atom stereocenters. The summed E-state index contributed by atoms with van der Waals surface area (Å²) in [6.07, 6.45) is 0.0622. The van der Waals surface area contributed by atoms with Crippen molar-refractivity contribution in [1.29, 1.82) is 0 Å². The molecule has 2 rings (SSSR count). The van der Waals surface area contributed by atoms with Crippen molar-refractivity contribution < 1.29 is 18.6 Å². The Hall–Kier alpha value is -1.61. The van der Waals surface area contributed by atoms with Gasteiger partial charge in [-0.15, -0.1) is 3.89 Å². The number of aromatic nitrogens is 2. The Labute approximate surface area is 119 Å². The van der Waals surface area contributed by atoms with Gasteiger partial charge in [-0.25, -0.2) is 4.79 Å². The Kier molecular flexibility index (Phi) is 4.29. The molecule has 1 aliphatic heterocycles. The number of halogens is 1. The highest BCUT2D eigenvalue weighted by atomic mass is 32.2. The van der Waals surface area contributed by atoms with Crippen molar-refractivity contribution in [3.05, 3.63) is 11.4 Å². The van der Waals surface area contributed by atoms with Crippen molar-refractivity contribution in [1.82, 2.24) is 14.1 Å². The lowest BCUT2D eigenvalue weighted by Gasteiger charge is -2.31. The third-order valence-corrected chi connectivity index (χ3v) is 3.67. The van der Waals surface area contributed by atoms with Crippen LogP contribution in [0.15, 0.2) is 0 Å². The molecule has 1 aliphatic rings. The lowest BCUT2D eigenvalue weighted by atomic mass is 10.2. The maximum Gasteiger partial charge on any atom is 0.343 e. The number of hydrogen-bond donors (Lipinski definition) is 1. The maximum atomic E-state index is 12.7. The standard InChI is InChI=1S/C11H15FN4O3S/c1-7-10(8(2)15(13-7)5-6-17)14-4-3-9(18)16(20-12)11(14)19/h17H,3-6H2,1-2H3. The van der Waals surface area contributed by atoms with Gasteiger partial charge in [0.05, 0.1) is 30.2 Å². The highest BCUT2D eigenvalue weighted by molar-refractivity contribution is 7.93. The topological polar surface area (TPSA) is 78.7 Å². The molecule has 0 aliphatic carbocycles. The van der Waals surface area contributed by atoms with E-state index >= 15 is 0 Å². The zero-order valence-electron chi connectivity index (χ0n) is 11.2. The average molecular weight is 302 g/mol. The number of aliphatic hydroxyl groups is 1. The minimum atomic E-state index is -0.705. The van der Waals surface area contributed by atoms with Gasteiger partial charge in [0.2, 0.25) is 5.91 Å². The molecule has 0 radical (unpaired) electrons. The highest BCUT2D eigenvalue weighted by Gasteiger charge is 2.36. The molecule has 110 valence electrons. The van der Waals surface area contributed by atoms with Crippen molar-refractivity contribution in [3.8, 4) is 0 Å². The minimum absolute atomic E-state index is 0.0622. The largest absolute Gasteiger partial charge is 0.394 e. The van der Waals surface area contributed by atoms with Crippen LogP contribution >= 0.6 is 12.3 Å². The van der Waals surface area contributed by atoms with Crippen molar-refractivity contribution in [3.63, 3.8) is 0 Å². The number of carbonyl (C=O) groups is 2. The van der Waals surface area contributed by atoms with Crippen LogP contribution < -0.4 is 4.90 Å². The third-order valence-electron chi connectivity index (χ3n) is 3.17. The van der Waals surface area contributed by atoms with Crippen LogP contribution in [0.5, 0.6) is 0 Å². The predicted molar refractivity (Wildman–Crippen MR) is 71.7 cm³/mol. The normalized spacial score (nSPS) is 16.2. The number of hydrogen-bond acceptors (Lipinski definition) is 5. The first-order valence-electron chi connectivity index (χ1n) is 6.09. The van der Waals surface area contributed by atoms with E-state index in [0.29, 0.717) is 27.9 Å². The van der Waals surface area contributed by atoms with E-state index in [4.69, 9.17) is 5.11 Å². The third kappa shape index (κ3) is 2.38. The summed E-state index contributed by atoms with van der Waals surface area (Å²) >= 11 is -0.385. The van der Waals surface area contributed by atoms with E-state index in [-0.39, 0.29) is 31.9 Å². The predicted octanol–water partition coefficient (Wildman–Crippen LogP) is 1.18. The van der Waals surface area contributed by atoms with Gasteiger partial charge in [-0.05, 0) is 13.8 Å². The van der Waals surface area contributed by atoms with E-state index in [1.807, 2.05) is 0 Å². The zero-order chi connectivity index (χ0) is 14.9. The summed E-state index contributed by atoms with van der Waals surface area (Å²) in [6.45, 7) is 3.94. The molecule has 2 heterocycles. The summed E-state index contributed by atoms with van der Waals surface area (Å²) < 4.78 is 14.8. The second-order valence-electron chi connectivity index (χ2n) is 4.41. The van der Waals surface area contributed by atoms with Crippen molar-refractivity contribution >= 4 is 30.0 Å². The Balaban J connectivity index is 2.36. The fourth-order valence-corrected chi connectivity index (χ4v) is 2.61. The molecule has 0 spiro atoms. The number of aliphatic hydroxyl groups excluding tert-OH is 1. The van der Waals surface area contributed by atoms with Crippen molar-refractivity contribution in [2.45, 2.75) is 26.8 Å². The number of carbonyl (C=O) groups excluding carboxylic acids is 2. The summed E-state index contributed by atoms with van der Waals surface area (Å²) in [5.74, 6) is -0.545. The van der Waals surface area contributed by atoms with Crippen LogP contribution in [0.4, 0.5) is 14.4 Å². The molecule has 1 aromatic rings. The number of rotatable bonds is 4. The average Bonchev–Trinajstić information content (AvgIpc) is 2.67. The van der Waals surface area contributed by atoms with Crippen LogP contribution in [-0.4, -0.2) is 44.3 Å². The molecular formula is C11H15FN4O3S. The molecule has 20 heavy (non-hydrogen) atoms. The minimum Gasteiger partial charge on any atom is -0.394 e. The second kappa shape index (κ2) is 5.80. The number of amides is 3. The Morgan fingerprint density at radius 1 is 1.40 bits per heavy atom. The molecule has 0 atom stereocenters. The van der Waals surface area contributed by atoms with Gasteiger partial charge in [0.1, 0.15) is 0 Å². The first-order chi connectivity index (χ1) is 9.51. The quantitative estimate of drug-likeness (QED) is 0.845. The Morgan fingerprint density at radius 2 is 2.10 bits per heavy atom. The van der Waals surface area contributed by atoms with Crippen LogP contribution in [0.1, 0.15) is 17.8 Å². The lowest BCUT2D eigenvalue weighted by Crippen LogP contribution is -2.49. The number of anilines is 1. The van der Waals surface area contributed by atoms with Crippen LogP contribution in [0.25, 0.3) is 0 Å². The first kappa shape index (κ1) is 14.8. The zero-order valence-corrected chi connectivity index (χ0v) is 12.0. The number of nitrogens with zero attached hydrogens (tertiary/aromatic N) is 4. The second-order valence-corrected chi connectivity index (χ2v) is 4.91. The monoisotopic (exact) mass is 302 g/mol. The Bertz CT molecular complexity index is 548. The fourth-order valence-electron chi connectivity index (χ4n) is 2.29. The maximum absolute atomic E-state index is 12.7. The van der Waals surface area contributed by atoms with Gasteiger partial charge in [-0.1, -0.05) is 0 Å². The summed E-state index contributed by atoms with van der Waals surface area (Å²) in [6, 6.07) is -0.705. The van der Waals surface area contributed by atoms with Gasteiger partial charge in [0.25, 0.3) is 0 Å². The smallest absolute Gasteiger partial charge is 0.343 e. The first-order valence-corrected chi connectivity index (χ1v) is 6.76. The van der Waals surface area contributed by atoms with Crippen LogP contribution in [0.2, 0.25) is 0 Å². The Morgan fingerprint density at radius 3 is 2.70 bits per heavy atom. The molecular weight excluding hydrogens is 287 g/mol. The van der Waals surface area contributed by atoms with Gasteiger partial charge < -0.3 is 5.11 Å². The van der Waals surface area contributed by atoms with E-state index in [0.717, 1.165) is 0 Å². The summed E-state index contributed by atoms with van der Waals surface area (Å²) in [7, 11) is 0. The molecule has 1 fully saturated rings. The fraction of sp³-hybridized carbons (Fsp3) is 0.545. The molecule has 7 nitrogen and oxygen atoms in total. The molecule has 1 saturated heterocycles. The van der Waals surface area contributed by atoms with Crippen LogP contribution in [-0.2, 0) is 11.3 Å². The highest BCUT2D eigenvalue weighted by Crippen LogP contribution is 2.30.